The van der Waals surface area contributed by atoms with E-state index in [9.17, 15) is 4.79 Å². The zero-order chi connectivity index (χ0) is 18.4. The van der Waals surface area contributed by atoms with Crippen LogP contribution in [0, 0.1) is 20.8 Å². The van der Waals surface area contributed by atoms with Crippen molar-refractivity contribution in [1.82, 2.24) is 10.1 Å². The van der Waals surface area contributed by atoms with Crippen LogP contribution in [0.5, 0.6) is 5.75 Å². The average Bonchev–Trinajstić information content (AvgIpc) is 2.92. The summed E-state index contributed by atoms with van der Waals surface area (Å²) in [5, 5.41) is 6.59. The molecule has 0 saturated carbocycles. The molecular formula is C19H27N3O3. The molecule has 0 spiro atoms. The first-order valence-electron chi connectivity index (χ1n) is 8.54. The smallest absolute Gasteiger partial charge is 0.242 e. The average molecular weight is 345 g/mol. The van der Waals surface area contributed by atoms with Crippen molar-refractivity contribution < 1.29 is 14.1 Å². The number of hydrogen-bond donors (Lipinski definition) is 1. The van der Waals surface area contributed by atoms with Crippen molar-refractivity contribution in [2.24, 2.45) is 0 Å². The van der Waals surface area contributed by atoms with E-state index in [1.165, 1.54) is 11.1 Å². The van der Waals surface area contributed by atoms with Gasteiger partial charge >= 0.3 is 0 Å². The molecule has 2 aromatic rings. The molecule has 0 radical (unpaired) electrons. The van der Waals surface area contributed by atoms with Crippen LogP contribution in [0.1, 0.15) is 30.2 Å². The second kappa shape index (κ2) is 8.67. The molecule has 6 nitrogen and oxygen atoms in total. The lowest BCUT2D eigenvalue weighted by Crippen LogP contribution is -2.43. The highest BCUT2D eigenvalue weighted by Gasteiger charge is 2.22. The second-order valence-electron chi connectivity index (χ2n) is 6.39. The number of aromatic nitrogens is 1. The molecular weight excluding hydrogens is 318 g/mol. The maximum atomic E-state index is 12.4. The number of nitrogens with one attached hydrogen (secondary N) is 1. The van der Waals surface area contributed by atoms with E-state index in [1.54, 1.807) is 13.0 Å². The van der Waals surface area contributed by atoms with E-state index < -0.39 is 0 Å². The molecule has 1 aromatic carbocycles. The Morgan fingerprint density at radius 2 is 1.92 bits per heavy atom. The normalized spacial score (nSPS) is 12.2. The molecule has 1 heterocycles. The van der Waals surface area contributed by atoms with Gasteiger partial charge in [-0.05, 0) is 57.5 Å². The number of carbonyl (C=O) groups is 1. The summed E-state index contributed by atoms with van der Waals surface area (Å²) in [4.78, 5) is 14.4. The summed E-state index contributed by atoms with van der Waals surface area (Å²) in [6.07, 6.45) is 0.697. The molecule has 25 heavy (non-hydrogen) atoms. The van der Waals surface area contributed by atoms with Crippen LogP contribution in [0.4, 0.5) is 5.82 Å². The van der Waals surface area contributed by atoms with Crippen LogP contribution < -0.4 is 10.1 Å². The van der Waals surface area contributed by atoms with E-state index in [1.807, 2.05) is 31.0 Å². The van der Waals surface area contributed by atoms with Crippen LogP contribution in [-0.4, -0.2) is 42.2 Å². The molecule has 1 atom stereocenters. The van der Waals surface area contributed by atoms with Crippen LogP contribution in [-0.2, 0) is 4.79 Å². The van der Waals surface area contributed by atoms with Crippen molar-refractivity contribution in [3.63, 3.8) is 0 Å². The molecule has 0 aliphatic rings. The molecule has 0 aliphatic heterocycles. The fourth-order valence-electron chi connectivity index (χ4n) is 2.81. The second-order valence-corrected chi connectivity index (χ2v) is 6.39. The van der Waals surface area contributed by atoms with Crippen LogP contribution in [0.2, 0.25) is 0 Å². The maximum absolute atomic E-state index is 12.4. The summed E-state index contributed by atoms with van der Waals surface area (Å²) in [7, 11) is 1.92. The largest absolute Gasteiger partial charge is 0.492 e. The number of rotatable bonds is 8. The number of benzene rings is 1. The maximum Gasteiger partial charge on any atom is 0.242 e. The Kier molecular flexibility index (Phi) is 6.58. The van der Waals surface area contributed by atoms with Crippen molar-refractivity contribution in [3.8, 4) is 5.75 Å². The number of ether oxygens (including phenoxy) is 1. The summed E-state index contributed by atoms with van der Waals surface area (Å²) in [5.41, 5.74) is 2.36. The lowest BCUT2D eigenvalue weighted by atomic mass is 10.1. The molecule has 0 bridgehead atoms. The van der Waals surface area contributed by atoms with Gasteiger partial charge in [-0.1, -0.05) is 18.1 Å². The molecule has 0 unspecified atom stereocenters. The summed E-state index contributed by atoms with van der Waals surface area (Å²) in [6.45, 7) is 9.04. The highest BCUT2D eigenvalue weighted by molar-refractivity contribution is 5.93. The molecule has 1 N–H and O–H groups in total. The third-order valence-corrected chi connectivity index (χ3v) is 4.01. The van der Waals surface area contributed by atoms with E-state index in [0.717, 1.165) is 5.75 Å². The Balaban J connectivity index is 1.86. The third-order valence-electron chi connectivity index (χ3n) is 4.01. The molecule has 1 amide bonds. The lowest BCUT2D eigenvalue weighted by molar-refractivity contribution is -0.121. The van der Waals surface area contributed by atoms with E-state index in [4.69, 9.17) is 9.26 Å². The minimum absolute atomic E-state index is 0.0929. The molecule has 0 saturated heterocycles. The van der Waals surface area contributed by atoms with Crippen LogP contribution in [0.15, 0.2) is 28.8 Å². The summed E-state index contributed by atoms with van der Waals surface area (Å²) < 4.78 is 10.8. The number of aryl methyl sites for hydroxylation is 3. The monoisotopic (exact) mass is 345 g/mol. The SMILES string of the molecule is CC[C@H](C(=O)Nc1cc(C)on1)N(C)CCOc1cc(C)cc(C)c1. The van der Waals surface area contributed by atoms with Gasteiger partial charge in [0.1, 0.15) is 18.1 Å². The Bertz CT molecular complexity index is 691. The van der Waals surface area contributed by atoms with Crippen LogP contribution in [0.25, 0.3) is 0 Å². The van der Waals surface area contributed by atoms with Crippen molar-refractivity contribution in [2.45, 2.75) is 40.2 Å². The van der Waals surface area contributed by atoms with E-state index >= 15 is 0 Å². The predicted molar refractivity (Wildman–Crippen MR) is 98.0 cm³/mol. The van der Waals surface area contributed by atoms with Crippen molar-refractivity contribution in [3.05, 3.63) is 41.2 Å². The minimum atomic E-state index is -0.250. The number of amides is 1. The standard InChI is InChI=1S/C19H27N3O3/c1-6-17(19(23)20-18-12-15(4)25-21-18)22(5)7-8-24-16-10-13(2)9-14(3)11-16/h9-12,17H,6-8H2,1-5H3,(H,20,21,23)/t17-/m1/s1. The Morgan fingerprint density at radius 3 is 2.48 bits per heavy atom. The molecule has 2 rings (SSSR count). The number of hydrogen-bond acceptors (Lipinski definition) is 5. The topological polar surface area (TPSA) is 67.6 Å². The van der Waals surface area contributed by atoms with Gasteiger partial charge in [-0.2, -0.15) is 0 Å². The third kappa shape index (κ3) is 5.60. The minimum Gasteiger partial charge on any atom is -0.492 e. The van der Waals surface area contributed by atoms with Crippen LogP contribution in [0.3, 0.4) is 0 Å². The number of carbonyl (C=O) groups excluding carboxylic acids is 1. The molecule has 136 valence electrons. The Morgan fingerprint density at radius 1 is 1.24 bits per heavy atom. The quantitative estimate of drug-likeness (QED) is 0.795. The van der Waals surface area contributed by atoms with Crippen LogP contribution >= 0.6 is 0 Å². The number of nitrogens with zero attached hydrogens (tertiary/aromatic N) is 2. The number of anilines is 1. The molecule has 0 fully saturated rings. The fraction of sp³-hybridized carbons (Fsp3) is 0.474. The summed E-state index contributed by atoms with van der Waals surface area (Å²) in [5.74, 6) is 1.88. The van der Waals surface area contributed by atoms with Crippen molar-refractivity contribution >= 4 is 11.7 Å². The number of likely N-dealkylation sites (N-methyl/N-ethyl adjacent to an activating group) is 1. The van der Waals surface area contributed by atoms with E-state index in [2.05, 4.69) is 30.4 Å². The van der Waals surface area contributed by atoms with Gasteiger partial charge in [-0.3, -0.25) is 9.69 Å². The van der Waals surface area contributed by atoms with E-state index in [-0.39, 0.29) is 11.9 Å². The van der Waals surface area contributed by atoms with Gasteiger partial charge in [0.25, 0.3) is 0 Å². The zero-order valence-corrected chi connectivity index (χ0v) is 15.6. The fourth-order valence-corrected chi connectivity index (χ4v) is 2.81. The Hall–Kier alpha value is -2.34. The molecule has 1 aromatic heterocycles. The molecule has 6 heteroatoms. The summed E-state index contributed by atoms with van der Waals surface area (Å²) in [6, 6.07) is 7.60. The van der Waals surface area contributed by atoms with E-state index in [0.29, 0.717) is 31.2 Å². The first-order chi connectivity index (χ1) is 11.9. The van der Waals surface area contributed by atoms with Gasteiger partial charge in [0, 0.05) is 12.6 Å². The van der Waals surface area contributed by atoms with Crippen molar-refractivity contribution in [1.29, 1.82) is 0 Å². The van der Waals surface area contributed by atoms with Crippen molar-refractivity contribution in [2.75, 3.05) is 25.5 Å². The first-order valence-corrected chi connectivity index (χ1v) is 8.54. The molecule has 0 aliphatic carbocycles. The Labute approximate surface area is 149 Å². The van der Waals surface area contributed by atoms with Gasteiger partial charge in [0.05, 0.1) is 6.04 Å². The van der Waals surface area contributed by atoms with Gasteiger partial charge < -0.3 is 14.6 Å². The highest BCUT2D eigenvalue weighted by Crippen LogP contribution is 2.16. The highest BCUT2D eigenvalue weighted by atomic mass is 16.5. The van der Waals surface area contributed by atoms with Gasteiger partial charge in [-0.25, -0.2) is 0 Å². The van der Waals surface area contributed by atoms with Gasteiger partial charge in [-0.15, -0.1) is 0 Å². The first kappa shape index (κ1) is 19.0. The summed E-state index contributed by atoms with van der Waals surface area (Å²) >= 11 is 0. The lowest BCUT2D eigenvalue weighted by Gasteiger charge is -2.25. The van der Waals surface area contributed by atoms with Gasteiger partial charge in [0.15, 0.2) is 5.82 Å². The predicted octanol–water partition coefficient (Wildman–Crippen LogP) is 3.33. The zero-order valence-electron chi connectivity index (χ0n) is 15.6. The van der Waals surface area contributed by atoms with Gasteiger partial charge in [0.2, 0.25) is 5.91 Å².